The second-order valence-corrected chi connectivity index (χ2v) is 6.41. The Bertz CT molecular complexity index is 1010. The molecule has 1 heterocycles. The van der Waals surface area contributed by atoms with Gasteiger partial charge < -0.3 is 17.3 Å². The van der Waals surface area contributed by atoms with Crippen molar-refractivity contribution in [1.29, 1.82) is 0 Å². The molecule has 0 bridgehead atoms. The van der Waals surface area contributed by atoms with Gasteiger partial charge in [-0.2, -0.15) is 5.10 Å². The van der Waals surface area contributed by atoms with Crippen molar-refractivity contribution in [2.45, 2.75) is 13.0 Å². The quantitative estimate of drug-likeness (QED) is 0.513. The topological polar surface area (TPSA) is 39.3 Å². The first-order valence-electron chi connectivity index (χ1n) is 8.56. The van der Waals surface area contributed by atoms with Crippen LogP contribution in [0.4, 0.5) is 4.39 Å². The van der Waals surface area contributed by atoms with Crippen LogP contribution in [-0.4, -0.2) is 29.9 Å². The molecular weight excluding hydrogens is 365 g/mol. The number of likely N-dealkylation sites (N-methyl/N-ethyl adjacent to an activating group) is 1. The van der Waals surface area contributed by atoms with E-state index in [0.29, 0.717) is 31.4 Å². The van der Waals surface area contributed by atoms with E-state index in [0.717, 1.165) is 21.5 Å². The Balaban J connectivity index is 0.00000261. The van der Waals surface area contributed by atoms with E-state index in [1.54, 1.807) is 12.1 Å². The van der Waals surface area contributed by atoms with Gasteiger partial charge in [0.2, 0.25) is 0 Å². The lowest BCUT2D eigenvalue weighted by molar-refractivity contribution is -0.872. The van der Waals surface area contributed by atoms with E-state index in [1.165, 1.54) is 16.8 Å². The highest BCUT2D eigenvalue weighted by Crippen LogP contribution is 2.17. The Morgan fingerprint density at radius 3 is 2.48 bits per heavy atom. The number of halogens is 2. The van der Waals surface area contributed by atoms with Gasteiger partial charge in [-0.05, 0) is 29.7 Å². The maximum atomic E-state index is 13.2. The van der Waals surface area contributed by atoms with Crippen LogP contribution in [0.15, 0.2) is 53.3 Å². The van der Waals surface area contributed by atoms with Crippen LogP contribution in [-0.2, 0) is 13.0 Å². The van der Waals surface area contributed by atoms with Gasteiger partial charge >= 0.3 is 0 Å². The molecule has 3 rings (SSSR count). The summed E-state index contributed by atoms with van der Waals surface area (Å²) in [6, 6.07) is 13.8. The van der Waals surface area contributed by atoms with Crippen LogP contribution in [0, 0.1) is 18.2 Å². The number of terminal acetylenes is 1. The molecule has 0 fully saturated rings. The number of hydrogen-bond acceptors (Lipinski definition) is 2. The van der Waals surface area contributed by atoms with Crippen molar-refractivity contribution < 1.29 is 21.7 Å². The van der Waals surface area contributed by atoms with E-state index in [4.69, 9.17) is 6.42 Å². The van der Waals surface area contributed by atoms with Crippen LogP contribution < -0.4 is 22.9 Å². The molecule has 1 atom stereocenters. The van der Waals surface area contributed by atoms with Crippen molar-refractivity contribution in [2.75, 3.05) is 20.1 Å². The second kappa shape index (κ2) is 9.31. The SMILES string of the molecule is C#CC[NH+](C)CCn1nc(Cc2ccc(F)cc2)c2ccccc2c1=O.[Cl-]. The summed E-state index contributed by atoms with van der Waals surface area (Å²) in [5.41, 5.74) is 1.66. The summed E-state index contributed by atoms with van der Waals surface area (Å²) >= 11 is 0. The molecule has 27 heavy (non-hydrogen) atoms. The molecule has 0 spiro atoms. The highest BCUT2D eigenvalue weighted by atomic mass is 35.5. The molecular formula is C21H21ClFN3O. The number of fused-ring (bicyclic) bond motifs is 1. The summed E-state index contributed by atoms with van der Waals surface area (Å²) in [5.74, 6) is 2.35. The molecule has 6 heteroatoms. The van der Waals surface area contributed by atoms with Crippen molar-refractivity contribution >= 4 is 10.8 Å². The lowest BCUT2D eigenvalue weighted by atomic mass is 10.0. The van der Waals surface area contributed by atoms with E-state index in [2.05, 4.69) is 11.0 Å². The molecule has 140 valence electrons. The minimum absolute atomic E-state index is 0. The molecule has 1 aromatic heterocycles. The maximum Gasteiger partial charge on any atom is 0.274 e. The largest absolute Gasteiger partial charge is 1.00 e. The molecule has 4 nitrogen and oxygen atoms in total. The van der Waals surface area contributed by atoms with Crippen LogP contribution in [0.2, 0.25) is 0 Å². The monoisotopic (exact) mass is 385 g/mol. The summed E-state index contributed by atoms with van der Waals surface area (Å²) in [6.07, 6.45) is 5.88. The van der Waals surface area contributed by atoms with Crippen LogP contribution in [0.5, 0.6) is 0 Å². The second-order valence-electron chi connectivity index (χ2n) is 6.41. The first-order chi connectivity index (χ1) is 12.6. The van der Waals surface area contributed by atoms with Crippen LogP contribution in [0.3, 0.4) is 0 Å². The minimum atomic E-state index is -0.268. The molecule has 0 radical (unpaired) electrons. The fourth-order valence-electron chi connectivity index (χ4n) is 2.94. The maximum absolute atomic E-state index is 13.2. The summed E-state index contributed by atoms with van der Waals surface area (Å²) in [7, 11) is 1.99. The Morgan fingerprint density at radius 1 is 1.15 bits per heavy atom. The first-order valence-corrected chi connectivity index (χ1v) is 8.56. The Morgan fingerprint density at radius 2 is 1.81 bits per heavy atom. The normalized spacial score (nSPS) is 11.6. The lowest BCUT2D eigenvalue weighted by Gasteiger charge is -2.14. The average Bonchev–Trinajstić information content (AvgIpc) is 2.65. The summed E-state index contributed by atoms with van der Waals surface area (Å²) < 4.78 is 14.7. The number of benzene rings is 2. The van der Waals surface area contributed by atoms with E-state index >= 15 is 0 Å². The summed E-state index contributed by atoms with van der Waals surface area (Å²) in [5, 5.41) is 6.08. The molecule has 2 aromatic carbocycles. The van der Waals surface area contributed by atoms with Crippen molar-refractivity contribution in [1.82, 2.24) is 9.78 Å². The summed E-state index contributed by atoms with van der Waals surface area (Å²) in [6.45, 7) is 1.81. The fraction of sp³-hybridized carbons (Fsp3) is 0.238. The highest BCUT2D eigenvalue weighted by molar-refractivity contribution is 5.83. The first kappa shape index (κ1) is 20.6. The standard InChI is InChI=1S/C21H20FN3O.ClH/c1-3-12-24(2)13-14-25-21(26)19-7-5-4-6-18(19)20(23-25)15-16-8-10-17(22)11-9-16;/h1,4-11H,12-15H2,2H3;1H. The molecule has 0 saturated heterocycles. The Labute approximate surface area is 164 Å². The number of aromatic nitrogens is 2. The molecule has 0 aliphatic heterocycles. The predicted octanol–water partition coefficient (Wildman–Crippen LogP) is -1.72. The van der Waals surface area contributed by atoms with Crippen molar-refractivity contribution in [3.8, 4) is 12.3 Å². The van der Waals surface area contributed by atoms with E-state index < -0.39 is 0 Å². The molecule has 0 aliphatic carbocycles. The molecule has 0 aliphatic rings. The van der Waals surface area contributed by atoms with E-state index in [-0.39, 0.29) is 23.8 Å². The zero-order valence-electron chi connectivity index (χ0n) is 15.1. The average molecular weight is 386 g/mol. The van der Waals surface area contributed by atoms with Gasteiger partial charge in [0.25, 0.3) is 5.56 Å². The van der Waals surface area contributed by atoms with Crippen molar-refractivity contribution in [2.24, 2.45) is 0 Å². The smallest absolute Gasteiger partial charge is 0.274 e. The zero-order valence-corrected chi connectivity index (χ0v) is 15.8. The fourth-order valence-corrected chi connectivity index (χ4v) is 2.94. The number of nitrogens with one attached hydrogen (secondary N) is 1. The minimum Gasteiger partial charge on any atom is -1.00 e. The molecule has 1 unspecified atom stereocenters. The van der Waals surface area contributed by atoms with Crippen LogP contribution in [0.25, 0.3) is 10.8 Å². The lowest BCUT2D eigenvalue weighted by Crippen LogP contribution is -3.09. The van der Waals surface area contributed by atoms with Crippen LogP contribution in [0.1, 0.15) is 11.3 Å². The van der Waals surface area contributed by atoms with Gasteiger partial charge in [-0.1, -0.05) is 30.3 Å². The van der Waals surface area contributed by atoms with Gasteiger partial charge in [-0.3, -0.25) is 4.79 Å². The predicted molar refractivity (Wildman–Crippen MR) is 101 cm³/mol. The van der Waals surface area contributed by atoms with Gasteiger partial charge in [0.15, 0.2) is 0 Å². The van der Waals surface area contributed by atoms with Crippen molar-refractivity contribution in [3.63, 3.8) is 0 Å². The van der Waals surface area contributed by atoms with Gasteiger partial charge in [-0.25, -0.2) is 9.07 Å². The van der Waals surface area contributed by atoms with Gasteiger partial charge in [0.1, 0.15) is 12.4 Å². The number of quaternary nitrogens is 1. The number of rotatable bonds is 6. The van der Waals surface area contributed by atoms with E-state index in [9.17, 15) is 9.18 Å². The third-order valence-corrected chi connectivity index (χ3v) is 4.38. The van der Waals surface area contributed by atoms with Crippen LogP contribution >= 0.6 is 0 Å². The Kier molecular flexibility index (Phi) is 7.12. The number of hydrogen-bond donors (Lipinski definition) is 1. The van der Waals surface area contributed by atoms with Gasteiger partial charge in [0.05, 0.1) is 31.2 Å². The molecule has 0 amide bonds. The highest BCUT2D eigenvalue weighted by Gasteiger charge is 2.12. The summed E-state index contributed by atoms with van der Waals surface area (Å²) in [4.78, 5) is 13.9. The molecule has 3 aromatic rings. The third kappa shape index (κ3) is 4.94. The number of nitrogens with zero attached hydrogens (tertiary/aromatic N) is 2. The molecule has 0 saturated carbocycles. The Hall–Kier alpha value is -2.68. The molecule has 1 N–H and O–H groups in total. The van der Waals surface area contributed by atoms with Crippen molar-refractivity contribution in [3.05, 3.63) is 76.0 Å². The third-order valence-electron chi connectivity index (χ3n) is 4.38. The van der Waals surface area contributed by atoms with Gasteiger partial charge in [-0.15, -0.1) is 6.42 Å². The van der Waals surface area contributed by atoms with Gasteiger partial charge in [0, 0.05) is 11.8 Å². The zero-order chi connectivity index (χ0) is 18.5. The van der Waals surface area contributed by atoms with E-state index in [1.807, 2.05) is 31.3 Å².